The van der Waals surface area contributed by atoms with Crippen LogP contribution in [0.25, 0.3) is 0 Å². The molecule has 4 nitrogen and oxygen atoms in total. The zero-order chi connectivity index (χ0) is 17.0. The lowest BCUT2D eigenvalue weighted by Gasteiger charge is -2.43. The monoisotopic (exact) mass is 324 g/mol. The predicted octanol–water partition coefficient (Wildman–Crippen LogP) is 4.09. The van der Waals surface area contributed by atoms with Gasteiger partial charge in [-0.3, -0.25) is 0 Å². The van der Waals surface area contributed by atoms with Crippen molar-refractivity contribution in [1.82, 2.24) is 10.6 Å². The molecule has 23 heavy (non-hydrogen) atoms. The summed E-state index contributed by atoms with van der Waals surface area (Å²) in [6.45, 7) is 11.1. The van der Waals surface area contributed by atoms with E-state index in [9.17, 15) is 4.79 Å². The van der Waals surface area contributed by atoms with E-state index in [4.69, 9.17) is 4.74 Å². The van der Waals surface area contributed by atoms with Gasteiger partial charge in [-0.25, -0.2) is 4.79 Å². The van der Waals surface area contributed by atoms with E-state index >= 15 is 0 Å². The summed E-state index contributed by atoms with van der Waals surface area (Å²) in [5, 5.41) is 6.84. The number of nitrogens with one attached hydrogen (secondary N) is 2. The molecular weight excluding hydrogens is 288 g/mol. The average molecular weight is 325 g/mol. The second-order valence-corrected chi connectivity index (χ2v) is 8.87. The fourth-order valence-corrected chi connectivity index (χ4v) is 3.85. The van der Waals surface area contributed by atoms with Gasteiger partial charge in [0.2, 0.25) is 0 Å². The molecule has 0 radical (unpaired) electrons. The Bertz CT molecular complexity index is 383. The van der Waals surface area contributed by atoms with Crippen molar-refractivity contribution < 1.29 is 9.53 Å². The molecule has 0 saturated heterocycles. The van der Waals surface area contributed by atoms with E-state index in [-0.39, 0.29) is 6.09 Å². The molecule has 134 valence electrons. The van der Waals surface area contributed by atoms with E-state index in [1.165, 1.54) is 38.5 Å². The third kappa shape index (κ3) is 5.98. The van der Waals surface area contributed by atoms with Gasteiger partial charge in [0.05, 0.1) is 0 Å². The molecule has 0 aromatic carbocycles. The second kappa shape index (κ2) is 7.87. The summed E-state index contributed by atoms with van der Waals surface area (Å²) in [7, 11) is 0. The maximum absolute atomic E-state index is 11.9. The number of carbonyl (C=O) groups excluding carboxylic acids is 1. The quantitative estimate of drug-likeness (QED) is 0.800. The van der Waals surface area contributed by atoms with Gasteiger partial charge in [0.25, 0.3) is 0 Å². The van der Waals surface area contributed by atoms with Crippen molar-refractivity contribution in [3.63, 3.8) is 0 Å². The maximum atomic E-state index is 11.9. The number of carbonyl (C=O) groups is 1. The fraction of sp³-hybridized carbons (Fsp3) is 0.947. The van der Waals surface area contributed by atoms with Crippen LogP contribution in [-0.2, 0) is 4.74 Å². The first-order chi connectivity index (χ1) is 10.7. The van der Waals surface area contributed by atoms with Crippen LogP contribution in [0.5, 0.6) is 0 Å². The third-order valence-electron chi connectivity index (χ3n) is 5.38. The lowest BCUT2D eigenvalue weighted by atomic mass is 9.72. The van der Waals surface area contributed by atoms with Crippen molar-refractivity contribution in [3.8, 4) is 0 Å². The number of ether oxygens (including phenoxy) is 1. The van der Waals surface area contributed by atoms with Crippen LogP contribution in [0.3, 0.4) is 0 Å². The van der Waals surface area contributed by atoms with Crippen LogP contribution >= 0.6 is 0 Å². The molecule has 0 aromatic rings. The molecule has 0 spiro atoms. The molecule has 2 saturated carbocycles. The van der Waals surface area contributed by atoms with Crippen molar-refractivity contribution >= 4 is 6.09 Å². The summed E-state index contributed by atoms with van der Waals surface area (Å²) in [4.78, 5) is 11.9. The van der Waals surface area contributed by atoms with Gasteiger partial charge in [0.15, 0.2) is 0 Å². The first-order valence-corrected chi connectivity index (χ1v) is 9.47. The fourth-order valence-electron chi connectivity index (χ4n) is 3.85. The minimum Gasteiger partial charge on any atom is -0.444 e. The Labute approximate surface area is 142 Å². The number of hydrogen-bond acceptors (Lipinski definition) is 3. The molecule has 2 aliphatic rings. The molecular formula is C19H36N2O2. The van der Waals surface area contributed by atoms with Crippen molar-refractivity contribution in [2.45, 2.75) is 90.8 Å². The summed E-state index contributed by atoms with van der Waals surface area (Å²) in [6, 6.07) is 1.24. The average Bonchev–Trinajstić information content (AvgIpc) is 2.38. The normalized spacial score (nSPS) is 31.6. The molecule has 2 atom stereocenters. The Balaban J connectivity index is 1.74. The van der Waals surface area contributed by atoms with Crippen LogP contribution in [0.15, 0.2) is 0 Å². The van der Waals surface area contributed by atoms with Gasteiger partial charge in [0.1, 0.15) is 5.60 Å². The van der Waals surface area contributed by atoms with Gasteiger partial charge >= 0.3 is 6.09 Å². The predicted molar refractivity (Wildman–Crippen MR) is 94.5 cm³/mol. The van der Waals surface area contributed by atoms with Gasteiger partial charge in [-0.1, -0.05) is 26.7 Å². The van der Waals surface area contributed by atoms with Gasteiger partial charge in [0, 0.05) is 18.6 Å². The summed E-state index contributed by atoms with van der Waals surface area (Å²) in [6.07, 6.45) is 7.38. The van der Waals surface area contributed by atoms with Crippen LogP contribution in [0.4, 0.5) is 4.79 Å². The molecule has 1 amide bonds. The highest BCUT2D eigenvalue weighted by atomic mass is 16.6. The smallest absolute Gasteiger partial charge is 0.407 e. The van der Waals surface area contributed by atoms with Gasteiger partial charge in [-0.05, 0) is 64.2 Å². The van der Waals surface area contributed by atoms with E-state index in [2.05, 4.69) is 24.5 Å². The first-order valence-electron chi connectivity index (χ1n) is 9.47. The molecule has 0 bridgehead atoms. The summed E-state index contributed by atoms with van der Waals surface area (Å²) in [5.74, 6) is 2.24. The van der Waals surface area contributed by atoms with Crippen LogP contribution in [0, 0.1) is 17.8 Å². The highest BCUT2D eigenvalue weighted by Gasteiger charge is 2.35. The van der Waals surface area contributed by atoms with Gasteiger partial charge < -0.3 is 15.4 Å². The summed E-state index contributed by atoms with van der Waals surface area (Å²) in [5.41, 5.74) is -0.425. The molecule has 0 heterocycles. The molecule has 0 aromatic heterocycles. The molecule has 4 heteroatoms. The topological polar surface area (TPSA) is 50.4 Å². The standard InChI is InChI=1S/C19H36N2O2/c1-13(2)15-10-16(11-15)21-17-9-7-6-8-14(17)12-20-18(22)23-19(3,4)5/h13-17,21H,6-12H2,1-5H3,(H,20,22). The van der Waals surface area contributed by atoms with E-state index in [0.29, 0.717) is 18.0 Å². The van der Waals surface area contributed by atoms with Crippen LogP contribution < -0.4 is 10.6 Å². The van der Waals surface area contributed by atoms with Gasteiger partial charge in [-0.15, -0.1) is 0 Å². The Morgan fingerprint density at radius 1 is 1.17 bits per heavy atom. The zero-order valence-corrected chi connectivity index (χ0v) is 15.7. The van der Waals surface area contributed by atoms with Crippen molar-refractivity contribution in [1.29, 1.82) is 0 Å². The lowest BCUT2D eigenvalue weighted by molar-refractivity contribution is 0.0506. The Hall–Kier alpha value is -0.770. The zero-order valence-electron chi connectivity index (χ0n) is 15.7. The molecule has 2 unspecified atom stereocenters. The Morgan fingerprint density at radius 3 is 2.43 bits per heavy atom. The highest BCUT2D eigenvalue weighted by molar-refractivity contribution is 5.67. The van der Waals surface area contributed by atoms with Crippen molar-refractivity contribution in [2.75, 3.05) is 6.54 Å². The number of alkyl carbamates (subject to hydrolysis) is 1. The van der Waals surface area contributed by atoms with Crippen LogP contribution in [0.2, 0.25) is 0 Å². The van der Waals surface area contributed by atoms with Crippen molar-refractivity contribution in [3.05, 3.63) is 0 Å². The molecule has 2 rings (SSSR count). The minimum atomic E-state index is -0.425. The van der Waals surface area contributed by atoms with E-state index in [0.717, 1.165) is 18.4 Å². The Kier molecular flexibility index (Phi) is 6.35. The molecule has 0 aliphatic heterocycles. The lowest BCUT2D eigenvalue weighted by Crippen LogP contribution is -2.52. The Morgan fingerprint density at radius 2 is 1.83 bits per heavy atom. The number of hydrogen-bond donors (Lipinski definition) is 2. The summed E-state index contributed by atoms with van der Waals surface area (Å²) >= 11 is 0. The van der Waals surface area contributed by atoms with Crippen molar-refractivity contribution in [2.24, 2.45) is 17.8 Å². The minimum absolute atomic E-state index is 0.287. The third-order valence-corrected chi connectivity index (χ3v) is 5.38. The first kappa shape index (κ1) is 18.6. The summed E-state index contributed by atoms with van der Waals surface area (Å²) < 4.78 is 5.35. The molecule has 2 aliphatic carbocycles. The molecule has 2 N–H and O–H groups in total. The van der Waals surface area contributed by atoms with Crippen LogP contribution in [0.1, 0.15) is 73.1 Å². The molecule has 2 fully saturated rings. The maximum Gasteiger partial charge on any atom is 0.407 e. The second-order valence-electron chi connectivity index (χ2n) is 8.87. The van der Waals surface area contributed by atoms with E-state index in [1.807, 2.05) is 20.8 Å². The van der Waals surface area contributed by atoms with E-state index in [1.54, 1.807) is 0 Å². The largest absolute Gasteiger partial charge is 0.444 e. The number of rotatable bonds is 5. The number of amides is 1. The van der Waals surface area contributed by atoms with Crippen LogP contribution in [-0.4, -0.2) is 30.3 Å². The van der Waals surface area contributed by atoms with E-state index < -0.39 is 5.60 Å². The SMILES string of the molecule is CC(C)C1CC(NC2CCCCC2CNC(=O)OC(C)(C)C)C1. The van der Waals surface area contributed by atoms with Gasteiger partial charge in [-0.2, -0.15) is 0 Å². The highest BCUT2D eigenvalue weighted by Crippen LogP contribution is 2.35.